The van der Waals surface area contributed by atoms with Crippen molar-refractivity contribution in [2.45, 2.75) is 51.0 Å². The molecule has 2 aliphatic heterocycles. The van der Waals surface area contributed by atoms with Crippen molar-refractivity contribution in [1.29, 1.82) is 0 Å². The van der Waals surface area contributed by atoms with Crippen molar-refractivity contribution >= 4 is 64.7 Å². The molecular weight excluding hydrogens is 618 g/mol. The number of fused-ring (bicyclic) bond motifs is 11. The minimum absolute atomic E-state index is 0.0427. The van der Waals surface area contributed by atoms with E-state index in [9.17, 15) is 19.2 Å². The summed E-state index contributed by atoms with van der Waals surface area (Å²) in [5, 5.41) is 8.13. The lowest BCUT2D eigenvalue weighted by atomic mass is 9.97. The normalized spacial score (nSPS) is 18.7. The third-order valence-corrected chi connectivity index (χ3v) is 6.71. The van der Waals surface area contributed by atoms with Crippen molar-refractivity contribution in [3.63, 3.8) is 0 Å². The van der Waals surface area contributed by atoms with E-state index in [1.54, 1.807) is 12.1 Å². The van der Waals surface area contributed by atoms with Crippen molar-refractivity contribution in [1.82, 2.24) is 21.4 Å². The number of rotatable bonds is 11. The summed E-state index contributed by atoms with van der Waals surface area (Å²) in [5.74, 6) is -0.742. The highest BCUT2D eigenvalue weighted by Gasteiger charge is 2.27. The summed E-state index contributed by atoms with van der Waals surface area (Å²) in [7, 11) is 0. The van der Waals surface area contributed by atoms with Gasteiger partial charge in [0.25, 0.3) is 0 Å². The fourth-order valence-corrected chi connectivity index (χ4v) is 4.33. The summed E-state index contributed by atoms with van der Waals surface area (Å²) in [5.41, 5.74) is 3.18. The number of hydrogen-bond donors (Lipinski definition) is 5. The van der Waals surface area contributed by atoms with E-state index in [1.165, 1.54) is 0 Å². The van der Waals surface area contributed by atoms with Gasteiger partial charge in [-0.1, -0.05) is 18.6 Å². The van der Waals surface area contributed by atoms with E-state index in [2.05, 4.69) is 34.1 Å². The van der Waals surface area contributed by atoms with Gasteiger partial charge < -0.3 is 20.7 Å². The van der Waals surface area contributed by atoms with Gasteiger partial charge in [-0.15, -0.1) is 0 Å². The summed E-state index contributed by atoms with van der Waals surface area (Å²) in [6, 6.07) is 6.37. The molecule has 1 aromatic carbocycles. The highest BCUT2D eigenvalue weighted by atomic mass is 127. The first-order valence-electron chi connectivity index (χ1n) is 11.9. The zero-order chi connectivity index (χ0) is 26.2. The third kappa shape index (κ3) is 12.1. The Morgan fingerprint density at radius 3 is 2.61 bits per heavy atom. The monoisotopic (exact) mass is 652 g/mol. The van der Waals surface area contributed by atoms with Crippen LogP contribution < -0.4 is 26.2 Å². The Bertz CT molecular complexity index is 864. The van der Waals surface area contributed by atoms with Gasteiger partial charge in [-0.3, -0.25) is 19.2 Å². The maximum Gasteiger partial charge on any atom is 0.247 e. The Morgan fingerprint density at radius 2 is 1.89 bits per heavy atom. The maximum atomic E-state index is 12.9. The van der Waals surface area contributed by atoms with Crippen LogP contribution in [-0.2, 0) is 30.2 Å². The zero-order valence-corrected chi connectivity index (χ0v) is 24.1. The number of hydrogen-bond acceptors (Lipinski definition) is 7. The molecular formula is C23H34IN4O6PS. The first kappa shape index (κ1) is 30.6. The molecule has 0 aliphatic carbocycles. The summed E-state index contributed by atoms with van der Waals surface area (Å²) >= 11 is 6.14. The number of carbonyl (C=O) groups excluding carboxylic acids is 4. The average Bonchev–Trinajstić information content (AvgIpc) is 2.87. The van der Waals surface area contributed by atoms with Crippen LogP contribution in [0.5, 0.6) is 5.75 Å². The van der Waals surface area contributed by atoms with Crippen LogP contribution in [0.2, 0.25) is 0 Å². The number of ether oxygens (including phenoxy) is 1. The number of benzene rings is 1. The quantitative estimate of drug-likeness (QED) is 0.0819. The molecule has 0 aromatic heterocycles. The van der Waals surface area contributed by atoms with Crippen LogP contribution in [0.1, 0.15) is 44.1 Å². The summed E-state index contributed by atoms with van der Waals surface area (Å²) < 4.78 is 10.8. The molecule has 0 fully saturated rings. The molecule has 0 radical (unpaired) electrons. The summed E-state index contributed by atoms with van der Waals surface area (Å²) in [4.78, 5) is 50.4. The summed E-state index contributed by atoms with van der Waals surface area (Å²) in [6.45, 7) is 0.787. The van der Waals surface area contributed by atoms with E-state index in [0.29, 0.717) is 31.7 Å². The van der Waals surface area contributed by atoms with Gasteiger partial charge in [-0.25, -0.2) is 10.1 Å². The number of carbonyl (C=O) groups is 4. The number of nitrogens with one attached hydrogen (secondary N) is 4. The fourth-order valence-electron chi connectivity index (χ4n) is 3.64. The molecule has 0 saturated heterocycles. The maximum absolute atomic E-state index is 12.9. The lowest BCUT2D eigenvalue weighted by Gasteiger charge is -2.22. The number of unbranched alkanes of at least 4 members (excludes halogenated alkanes) is 2. The molecule has 4 amide bonds. The highest BCUT2D eigenvalue weighted by Crippen LogP contribution is 2.21. The molecule has 4 N–H and O–H groups in total. The zero-order valence-electron chi connectivity index (χ0n) is 20.0. The number of amides is 4. The van der Waals surface area contributed by atoms with Gasteiger partial charge in [-0.05, 0) is 71.2 Å². The van der Waals surface area contributed by atoms with E-state index < -0.39 is 29.7 Å². The molecule has 200 valence electrons. The largest absolute Gasteiger partial charge is 0.494 e. The smallest absolute Gasteiger partial charge is 0.247 e. The molecule has 2 unspecified atom stereocenters. The van der Waals surface area contributed by atoms with Crippen LogP contribution in [0.4, 0.5) is 0 Å². The van der Waals surface area contributed by atoms with Crippen LogP contribution in [-0.4, -0.2) is 55.1 Å². The lowest BCUT2D eigenvalue weighted by molar-refractivity contribution is -0.136. The Labute approximate surface area is 231 Å². The average molecular weight is 652 g/mol. The summed E-state index contributed by atoms with van der Waals surface area (Å²) in [6.07, 6.45) is 3.89. The van der Waals surface area contributed by atoms with Crippen LogP contribution in [0.25, 0.3) is 0 Å². The van der Waals surface area contributed by atoms with E-state index in [1.807, 2.05) is 34.2 Å². The van der Waals surface area contributed by atoms with Gasteiger partial charge >= 0.3 is 0 Å². The number of hydroxylamine groups is 1. The van der Waals surface area contributed by atoms with Gasteiger partial charge in [-0.2, -0.15) is 12.6 Å². The minimum atomic E-state index is -0.911. The molecule has 3 atom stereocenters. The van der Waals surface area contributed by atoms with Crippen LogP contribution in [0.15, 0.2) is 24.3 Å². The van der Waals surface area contributed by atoms with Gasteiger partial charge in [0, 0.05) is 25.3 Å². The van der Waals surface area contributed by atoms with E-state index in [-0.39, 0.29) is 31.7 Å². The van der Waals surface area contributed by atoms with Crippen molar-refractivity contribution in [3.05, 3.63) is 29.8 Å². The van der Waals surface area contributed by atoms with E-state index in [0.717, 1.165) is 30.6 Å². The molecule has 0 saturated carbocycles. The first-order chi connectivity index (χ1) is 17.4. The van der Waals surface area contributed by atoms with Crippen molar-refractivity contribution < 1.29 is 28.5 Å². The topological polar surface area (TPSA) is 135 Å². The van der Waals surface area contributed by atoms with Crippen LogP contribution >= 0.6 is 41.1 Å². The molecule has 2 bridgehead atoms. The highest BCUT2D eigenvalue weighted by molar-refractivity contribution is 14.2. The molecule has 2 heterocycles. The van der Waals surface area contributed by atoms with Gasteiger partial charge in [0.15, 0.2) is 0 Å². The SMILES string of the molecule is O=C(CNC(=O)[C@@H]1Cc2ccc(cc2)OCCCC(C(=O)NOPI)CC(=O)N1)NCCCCCS. The van der Waals surface area contributed by atoms with Gasteiger partial charge in [0.2, 0.25) is 23.6 Å². The number of halogens is 1. The third-order valence-electron chi connectivity index (χ3n) is 5.55. The first-order valence-corrected chi connectivity index (χ1v) is 16.6. The minimum Gasteiger partial charge on any atom is -0.494 e. The van der Waals surface area contributed by atoms with Gasteiger partial charge in [0.05, 0.1) is 13.2 Å². The van der Waals surface area contributed by atoms with E-state index >= 15 is 0 Å². The molecule has 36 heavy (non-hydrogen) atoms. The Kier molecular flexibility index (Phi) is 15.1. The molecule has 3 rings (SSSR count). The molecule has 1 aromatic rings. The second-order valence-corrected chi connectivity index (χ2v) is 10.5. The Balaban J connectivity index is 2.03. The second-order valence-electron chi connectivity index (χ2n) is 8.36. The van der Waals surface area contributed by atoms with Crippen molar-refractivity contribution in [3.8, 4) is 5.75 Å². The Morgan fingerprint density at radius 1 is 1.11 bits per heavy atom. The van der Waals surface area contributed by atoms with Crippen LogP contribution in [0, 0.1) is 5.92 Å². The fraction of sp³-hybridized carbons (Fsp3) is 0.565. The predicted octanol–water partition coefficient (Wildman–Crippen LogP) is 2.22. The van der Waals surface area contributed by atoms with E-state index in [4.69, 9.17) is 9.36 Å². The molecule has 0 spiro atoms. The van der Waals surface area contributed by atoms with Crippen molar-refractivity contribution in [2.24, 2.45) is 5.92 Å². The molecule has 10 nitrogen and oxygen atoms in total. The molecule has 13 heteroatoms. The second kappa shape index (κ2) is 17.8. The Hall–Kier alpha value is -1.63. The standard InChI is InChI=1S/C23H34IN4O6PS/c24-35-34-28-22(31)17-5-4-11-33-18-8-6-16(7-9-18)13-19(27-20(29)14-17)23(32)26-15-21(30)25-10-2-1-3-12-36/h6-9,17,19,35-36H,1-5,10-15H2,(H,25,30)(H,26,32)(H,27,29)(H,28,31)/t17?,19-/m0/s1. The lowest BCUT2D eigenvalue weighted by Crippen LogP contribution is -2.50. The van der Waals surface area contributed by atoms with Crippen LogP contribution in [0.3, 0.4) is 0 Å². The van der Waals surface area contributed by atoms with Gasteiger partial charge in [0.1, 0.15) is 18.2 Å². The molecule has 2 aliphatic rings. The predicted molar refractivity (Wildman–Crippen MR) is 150 cm³/mol. The number of thiol groups is 1. The van der Waals surface area contributed by atoms with Crippen molar-refractivity contribution in [2.75, 3.05) is 25.4 Å².